The molecule has 1 aromatic carbocycles. The normalized spacial score (nSPS) is 19.9. The first-order valence-electron chi connectivity index (χ1n) is 6.38. The summed E-state index contributed by atoms with van der Waals surface area (Å²) in [6, 6.07) is 8.33. The molecular weight excluding hydrogens is 244 g/mol. The van der Waals surface area contributed by atoms with E-state index >= 15 is 0 Å². The zero-order valence-corrected chi connectivity index (χ0v) is 11.6. The van der Waals surface area contributed by atoms with Crippen LogP contribution in [0.3, 0.4) is 0 Å². The summed E-state index contributed by atoms with van der Waals surface area (Å²) in [4.78, 5) is 15.2. The van der Waals surface area contributed by atoms with Crippen molar-refractivity contribution in [3.8, 4) is 0 Å². The van der Waals surface area contributed by atoms with E-state index in [1.165, 1.54) is 10.5 Å². The number of carbonyl (C=O) groups excluding carboxylic acids is 1. The van der Waals surface area contributed by atoms with Crippen molar-refractivity contribution in [1.82, 2.24) is 4.90 Å². The van der Waals surface area contributed by atoms with E-state index in [4.69, 9.17) is 5.73 Å². The fraction of sp³-hybridized carbons (Fsp3) is 0.500. The fourth-order valence-corrected chi connectivity index (χ4v) is 3.12. The number of hydrogen-bond donors (Lipinski definition) is 1. The Morgan fingerprint density at radius 2 is 2.28 bits per heavy atom. The monoisotopic (exact) mass is 264 g/mol. The average Bonchev–Trinajstić information content (AvgIpc) is 2.37. The van der Waals surface area contributed by atoms with Crippen molar-refractivity contribution in [2.75, 3.05) is 18.8 Å². The van der Waals surface area contributed by atoms with Gasteiger partial charge in [0.05, 0.1) is 5.75 Å². The van der Waals surface area contributed by atoms with E-state index in [0.29, 0.717) is 12.3 Å². The number of amides is 1. The molecule has 1 amide bonds. The number of aryl methyl sites for hydroxylation is 1. The van der Waals surface area contributed by atoms with Crippen molar-refractivity contribution in [1.29, 1.82) is 0 Å². The minimum Gasteiger partial charge on any atom is -0.340 e. The Kier molecular flexibility index (Phi) is 4.66. The van der Waals surface area contributed by atoms with Crippen LogP contribution in [0.4, 0.5) is 0 Å². The second-order valence-electron chi connectivity index (χ2n) is 4.80. The first-order chi connectivity index (χ1) is 8.66. The molecule has 1 fully saturated rings. The molecule has 1 unspecified atom stereocenters. The van der Waals surface area contributed by atoms with Gasteiger partial charge in [-0.1, -0.05) is 18.2 Å². The van der Waals surface area contributed by atoms with Gasteiger partial charge in [0, 0.05) is 24.0 Å². The van der Waals surface area contributed by atoms with Gasteiger partial charge in [0.15, 0.2) is 0 Å². The Hall–Kier alpha value is -1.00. The number of benzene rings is 1. The van der Waals surface area contributed by atoms with Gasteiger partial charge in [-0.15, -0.1) is 11.8 Å². The molecule has 0 aromatic heterocycles. The maximum Gasteiger partial charge on any atom is 0.232 e. The molecule has 18 heavy (non-hydrogen) atoms. The van der Waals surface area contributed by atoms with Gasteiger partial charge in [-0.25, -0.2) is 0 Å². The molecule has 2 rings (SSSR count). The third-order valence-electron chi connectivity index (χ3n) is 3.26. The van der Waals surface area contributed by atoms with Crippen molar-refractivity contribution in [3.05, 3.63) is 29.8 Å². The molecule has 1 aliphatic rings. The molecule has 0 bridgehead atoms. The number of nitrogens with two attached hydrogens (primary N) is 1. The molecule has 1 aliphatic heterocycles. The number of hydrogen-bond acceptors (Lipinski definition) is 3. The fourth-order valence-electron chi connectivity index (χ4n) is 2.19. The maximum absolute atomic E-state index is 12.1. The van der Waals surface area contributed by atoms with Crippen LogP contribution in [0.5, 0.6) is 0 Å². The third-order valence-corrected chi connectivity index (χ3v) is 4.42. The van der Waals surface area contributed by atoms with Gasteiger partial charge in [-0.3, -0.25) is 4.79 Å². The van der Waals surface area contributed by atoms with Crippen molar-refractivity contribution in [3.63, 3.8) is 0 Å². The van der Waals surface area contributed by atoms with Crippen LogP contribution >= 0.6 is 11.8 Å². The highest BCUT2D eigenvalue weighted by atomic mass is 32.2. The van der Waals surface area contributed by atoms with Crippen molar-refractivity contribution < 1.29 is 4.79 Å². The quantitative estimate of drug-likeness (QED) is 0.850. The van der Waals surface area contributed by atoms with E-state index in [9.17, 15) is 4.79 Å². The van der Waals surface area contributed by atoms with Crippen LogP contribution in [-0.2, 0) is 4.79 Å². The summed E-state index contributed by atoms with van der Waals surface area (Å²) in [6.07, 6.45) is 2.07. The highest BCUT2D eigenvalue weighted by molar-refractivity contribution is 8.00. The van der Waals surface area contributed by atoms with Gasteiger partial charge >= 0.3 is 0 Å². The third kappa shape index (κ3) is 3.50. The maximum atomic E-state index is 12.1. The average molecular weight is 264 g/mol. The SMILES string of the molecule is Cc1ccccc1SCC(=O)N1CCCC(N)C1. The van der Waals surface area contributed by atoms with Gasteiger partial charge in [0.2, 0.25) is 5.91 Å². The van der Waals surface area contributed by atoms with E-state index in [1.54, 1.807) is 11.8 Å². The number of piperidine rings is 1. The number of rotatable bonds is 3. The second-order valence-corrected chi connectivity index (χ2v) is 5.81. The van der Waals surface area contributed by atoms with Crippen molar-refractivity contribution in [2.45, 2.75) is 30.7 Å². The Balaban J connectivity index is 1.86. The standard InChI is InChI=1S/C14H20N2OS/c1-11-5-2-3-7-13(11)18-10-14(17)16-8-4-6-12(15)9-16/h2-3,5,7,12H,4,6,8-10,15H2,1H3. The molecule has 0 aliphatic carbocycles. The topological polar surface area (TPSA) is 46.3 Å². The van der Waals surface area contributed by atoms with Crippen molar-refractivity contribution in [2.24, 2.45) is 5.73 Å². The second kappa shape index (κ2) is 6.25. The molecule has 0 spiro atoms. The lowest BCUT2D eigenvalue weighted by atomic mass is 10.1. The van der Waals surface area contributed by atoms with Crippen LogP contribution in [0, 0.1) is 6.92 Å². The summed E-state index contributed by atoms with van der Waals surface area (Å²) in [5.41, 5.74) is 7.12. The molecule has 1 heterocycles. The van der Waals surface area contributed by atoms with E-state index in [2.05, 4.69) is 19.1 Å². The van der Waals surface area contributed by atoms with Crippen LogP contribution in [0.15, 0.2) is 29.2 Å². The molecule has 2 N–H and O–H groups in total. The summed E-state index contributed by atoms with van der Waals surface area (Å²) in [5, 5.41) is 0. The first-order valence-corrected chi connectivity index (χ1v) is 7.37. The molecule has 0 saturated carbocycles. The number of thioether (sulfide) groups is 1. The number of likely N-dealkylation sites (tertiary alicyclic amines) is 1. The molecule has 1 atom stereocenters. The van der Waals surface area contributed by atoms with Crippen LogP contribution in [0.25, 0.3) is 0 Å². The first kappa shape index (κ1) is 13.4. The van der Waals surface area contributed by atoms with Crippen LogP contribution in [0.1, 0.15) is 18.4 Å². The van der Waals surface area contributed by atoms with Gasteiger partial charge in [-0.05, 0) is 31.4 Å². The zero-order valence-electron chi connectivity index (χ0n) is 10.8. The van der Waals surface area contributed by atoms with Crippen LogP contribution in [0.2, 0.25) is 0 Å². The lowest BCUT2D eigenvalue weighted by Crippen LogP contribution is -2.46. The summed E-state index contributed by atoms with van der Waals surface area (Å²) in [7, 11) is 0. The van der Waals surface area contributed by atoms with Crippen LogP contribution in [-0.4, -0.2) is 35.7 Å². The van der Waals surface area contributed by atoms with Gasteiger partial charge in [0.25, 0.3) is 0 Å². The summed E-state index contributed by atoms with van der Waals surface area (Å²) >= 11 is 1.62. The number of nitrogens with zero attached hydrogens (tertiary/aromatic N) is 1. The molecule has 1 saturated heterocycles. The predicted molar refractivity (Wildman–Crippen MR) is 75.7 cm³/mol. The number of carbonyl (C=O) groups is 1. The van der Waals surface area contributed by atoms with Crippen molar-refractivity contribution >= 4 is 17.7 Å². The highest BCUT2D eigenvalue weighted by Gasteiger charge is 2.21. The predicted octanol–water partition coefficient (Wildman–Crippen LogP) is 2.04. The molecule has 98 valence electrons. The lowest BCUT2D eigenvalue weighted by molar-refractivity contribution is -0.129. The minimum absolute atomic E-state index is 0.158. The smallest absolute Gasteiger partial charge is 0.232 e. The van der Waals surface area contributed by atoms with Gasteiger partial charge < -0.3 is 10.6 Å². The van der Waals surface area contributed by atoms with Gasteiger partial charge in [0.1, 0.15) is 0 Å². The van der Waals surface area contributed by atoms with E-state index < -0.39 is 0 Å². The van der Waals surface area contributed by atoms with E-state index in [1.807, 2.05) is 17.0 Å². The lowest BCUT2D eigenvalue weighted by Gasteiger charge is -2.30. The summed E-state index contributed by atoms with van der Waals surface area (Å²) in [5.74, 6) is 0.718. The summed E-state index contributed by atoms with van der Waals surface area (Å²) < 4.78 is 0. The Labute approximate surface area is 113 Å². The molecule has 1 aromatic rings. The Bertz CT molecular complexity index is 422. The molecule has 4 heteroatoms. The molecular formula is C14H20N2OS. The Morgan fingerprint density at radius 1 is 1.50 bits per heavy atom. The van der Waals surface area contributed by atoms with Gasteiger partial charge in [-0.2, -0.15) is 0 Å². The van der Waals surface area contributed by atoms with Crippen LogP contribution < -0.4 is 5.73 Å². The molecule has 0 radical (unpaired) electrons. The zero-order chi connectivity index (χ0) is 13.0. The minimum atomic E-state index is 0.158. The largest absolute Gasteiger partial charge is 0.340 e. The van der Waals surface area contributed by atoms with E-state index in [-0.39, 0.29) is 11.9 Å². The Morgan fingerprint density at radius 3 is 3.00 bits per heavy atom. The highest BCUT2D eigenvalue weighted by Crippen LogP contribution is 2.22. The summed E-state index contributed by atoms with van der Waals surface area (Å²) in [6.45, 7) is 3.65. The molecule has 3 nitrogen and oxygen atoms in total. The van der Waals surface area contributed by atoms with E-state index in [0.717, 1.165) is 19.4 Å².